The minimum Gasteiger partial charge on any atom is -0.493 e. The van der Waals surface area contributed by atoms with E-state index in [1.165, 1.54) is 18.4 Å². The number of furan rings is 1. The van der Waals surface area contributed by atoms with Crippen molar-refractivity contribution in [2.45, 2.75) is 58.8 Å². The zero-order chi connectivity index (χ0) is 21.8. The molecule has 31 heavy (non-hydrogen) atoms. The summed E-state index contributed by atoms with van der Waals surface area (Å²) >= 11 is 0. The maximum Gasteiger partial charge on any atom is 0.244 e. The fourth-order valence-corrected chi connectivity index (χ4v) is 4.62. The van der Waals surface area contributed by atoms with Crippen molar-refractivity contribution >= 4 is 28.4 Å². The molecule has 0 radical (unpaired) electrons. The van der Waals surface area contributed by atoms with E-state index < -0.39 is 0 Å². The highest BCUT2D eigenvalue weighted by molar-refractivity contribution is 5.97. The van der Waals surface area contributed by atoms with E-state index in [1.807, 2.05) is 24.8 Å². The van der Waals surface area contributed by atoms with E-state index in [4.69, 9.17) is 9.15 Å². The van der Waals surface area contributed by atoms with Crippen molar-refractivity contribution in [1.29, 1.82) is 0 Å². The second kappa shape index (κ2) is 9.58. The number of fused-ring (bicyclic) bond motifs is 3. The normalized spacial score (nSPS) is 16.6. The fourth-order valence-electron chi connectivity index (χ4n) is 4.62. The first-order chi connectivity index (χ1) is 15.1. The molecule has 1 saturated heterocycles. The molecule has 4 rings (SSSR count). The predicted molar refractivity (Wildman–Crippen MR) is 121 cm³/mol. The summed E-state index contributed by atoms with van der Waals surface area (Å²) in [4.78, 5) is 26.0. The molecule has 2 heterocycles. The molecule has 6 nitrogen and oxygen atoms in total. The van der Waals surface area contributed by atoms with Crippen molar-refractivity contribution < 1.29 is 18.7 Å². The summed E-state index contributed by atoms with van der Waals surface area (Å²) in [6, 6.07) is 4.08. The standard InChI is InChI=1S/C25H32N2O4/c1-3-30-22-16-23-20(18-8-4-5-9-21(18)31-23)15-19(22)17(2)14-24(28)26-11-7-13-27-12-6-10-25(27)29/h14-16H,3-13H2,1-2H3,(H,26,28)/b17-14+. The number of carbonyl (C=O) groups is 2. The van der Waals surface area contributed by atoms with Gasteiger partial charge in [0.1, 0.15) is 17.1 Å². The molecule has 0 atom stereocenters. The summed E-state index contributed by atoms with van der Waals surface area (Å²) in [6.45, 7) is 6.55. The van der Waals surface area contributed by atoms with Crippen molar-refractivity contribution in [2.75, 3.05) is 26.2 Å². The number of hydrogen-bond donors (Lipinski definition) is 1. The van der Waals surface area contributed by atoms with Crippen LogP contribution in [0.25, 0.3) is 16.5 Å². The third-order valence-corrected chi connectivity index (χ3v) is 6.20. The molecule has 2 aliphatic rings. The summed E-state index contributed by atoms with van der Waals surface area (Å²) in [6.07, 6.45) is 8.38. The number of benzene rings is 1. The Kier molecular flexibility index (Phi) is 6.64. The Labute approximate surface area is 183 Å². The Morgan fingerprint density at radius 2 is 2.06 bits per heavy atom. The average molecular weight is 425 g/mol. The van der Waals surface area contributed by atoms with Gasteiger partial charge in [0.25, 0.3) is 0 Å². The van der Waals surface area contributed by atoms with Crippen LogP contribution in [0.4, 0.5) is 0 Å². The van der Waals surface area contributed by atoms with Gasteiger partial charge in [-0.2, -0.15) is 0 Å². The number of allylic oxidation sites excluding steroid dienone is 1. The van der Waals surface area contributed by atoms with E-state index in [2.05, 4.69) is 11.4 Å². The Hall–Kier alpha value is -2.76. The lowest BCUT2D eigenvalue weighted by atomic mass is 9.94. The first kappa shape index (κ1) is 21.5. The second-order valence-corrected chi connectivity index (χ2v) is 8.44. The average Bonchev–Trinajstić information content (AvgIpc) is 3.33. The Morgan fingerprint density at radius 1 is 1.23 bits per heavy atom. The van der Waals surface area contributed by atoms with Crippen molar-refractivity contribution in [3.8, 4) is 5.75 Å². The zero-order valence-corrected chi connectivity index (χ0v) is 18.6. The number of nitrogens with one attached hydrogen (secondary N) is 1. The van der Waals surface area contributed by atoms with Gasteiger partial charge in [0, 0.05) is 61.1 Å². The maximum absolute atomic E-state index is 12.5. The van der Waals surface area contributed by atoms with Crippen LogP contribution in [0.2, 0.25) is 0 Å². The Morgan fingerprint density at radius 3 is 2.84 bits per heavy atom. The number of ether oxygens (including phenoxy) is 1. The van der Waals surface area contributed by atoms with Crippen LogP contribution < -0.4 is 10.1 Å². The molecule has 1 aromatic heterocycles. The molecule has 1 aromatic carbocycles. The minimum absolute atomic E-state index is 0.123. The van der Waals surface area contributed by atoms with E-state index in [1.54, 1.807) is 6.08 Å². The quantitative estimate of drug-likeness (QED) is 0.508. The van der Waals surface area contributed by atoms with Crippen molar-refractivity contribution in [2.24, 2.45) is 0 Å². The first-order valence-electron chi connectivity index (χ1n) is 11.5. The van der Waals surface area contributed by atoms with Crippen LogP contribution in [0.5, 0.6) is 5.75 Å². The van der Waals surface area contributed by atoms with E-state index in [-0.39, 0.29) is 11.8 Å². The molecule has 1 fully saturated rings. The first-order valence-corrected chi connectivity index (χ1v) is 11.5. The van der Waals surface area contributed by atoms with Gasteiger partial charge in [0.15, 0.2) is 0 Å². The van der Waals surface area contributed by atoms with Gasteiger partial charge in [0.05, 0.1) is 6.61 Å². The molecule has 2 aromatic rings. The van der Waals surface area contributed by atoms with Crippen LogP contribution in [0.1, 0.15) is 62.8 Å². The number of aryl methyl sites for hydroxylation is 2. The molecule has 2 amide bonds. The second-order valence-electron chi connectivity index (χ2n) is 8.44. The van der Waals surface area contributed by atoms with Crippen LogP contribution in [-0.4, -0.2) is 43.0 Å². The molecule has 0 unspecified atom stereocenters. The summed E-state index contributed by atoms with van der Waals surface area (Å²) in [5, 5.41) is 4.08. The predicted octanol–water partition coefficient (Wildman–Crippen LogP) is 4.24. The summed E-state index contributed by atoms with van der Waals surface area (Å²) in [5.74, 6) is 1.94. The molecular formula is C25H32N2O4. The zero-order valence-electron chi connectivity index (χ0n) is 18.6. The van der Waals surface area contributed by atoms with Crippen LogP contribution in [0.15, 0.2) is 22.6 Å². The molecule has 0 bridgehead atoms. The van der Waals surface area contributed by atoms with Crippen LogP contribution >= 0.6 is 0 Å². The number of rotatable bonds is 8. The molecule has 1 N–H and O–H groups in total. The van der Waals surface area contributed by atoms with Gasteiger partial charge in [-0.3, -0.25) is 9.59 Å². The SMILES string of the molecule is CCOc1cc2oc3c(c2cc1/C(C)=C/C(=O)NCCCN1CCCC1=O)CCCC3. The third kappa shape index (κ3) is 4.78. The van der Waals surface area contributed by atoms with Gasteiger partial charge in [-0.1, -0.05) is 0 Å². The number of carbonyl (C=O) groups excluding carboxylic acids is 2. The van der Waals surface area contributed by atoms with E-state index in [9.17, 15) is 9.59 Å². The summed E-state index contributed by atoms with van der Waals surface area (Å²) in [5.41, 5.74) is 3.97. The molecule has 0 saturated carbocycles. The van der Waals surface area contributed by atoms with E-state index in [0.717, 1.165) is 65.8 Å². The summed E-state index contributed by atoms with van der Waals surface area (Å²) in [7, 11) is 0. The van der Waals surface area contributed by atoms with Crippen LogP contribution in [-0.2, 0) is 22.4 Å². The van der Waals surface area contributed by atoms with Gasteiger partial charge < -0.3 is 19.4 Å². The molecule has 1 aliphatic carbocycles. The Balaban J connectivity index is 1.46. The Bertz CT molecular complexity index is 1000. The van der Waals surface area contributed by atoms with Crippen molar-refractivity contribution in [3.63, 3.8) is 0 Å². The van der Waals surface area contributed by atoms with Gasteiger partial charge in [-0.15, -0.1) is 0 Å². The highest BCUT2D eigenvalue weighted by Gasteiger charge is 2.21. The smallest absolute Gasteiger partial charge is 0.244 e. The van der Waals surface area contributed by atoms with E-state index in [0.29, 0.717) is 26.1 Å². The van der Waals surface area contributed by atoms with E-state index >= 15 is 0 Å². The van der Waals surface area contributed by atoms with Gasteiger partial charge in [-0.05, 0) is 57.6 Å². The van der Waals surface area contributed by atoms with Gasteiger partial charge >= 0.3 is 0 Å². The minimum atomic E-state index is -0.123. The molecular weight excluding hydrogens is 392 g/mol. The highest BCUT2D eigenvalue weighted by atomic mass is 16.5. The van der Waals surface area contributed by atoms with Crippen LogP contribution in [0, 0.1) is 0 Å². The topological polar surface area (TPSA) is 71.8 Å². The summed E-state index contributed by atoms with van der Waals surface area (Å²) < 4.78 is 12.0. The number of amides is 2. The number of hydrogen-bond acceptors (Lipinski definition) is 4. The number of likely N-dealkylation sites (tertiary alicyclic amines) is 1. The lowest BCUT2D eigenvalue weighted by molar-refractivity contribution is -0.127. The third-order valence-electron chi connectivity index (χ3n) is 6.20. The van der Waals surface area contributed by atoms with Crippen molar-refractivity contribution in [1.82, 2.24) is 10.2 Å². The lowest BCUT2D eigenvalue weighted by Crippen LogP contribution is -2.30. The largest absolute Gasteiger partial charge is 0.493 e. The molecule has 1 aliphatic heterocycles. The van der Waals surface area contributed by atoms with Crippen molar-refractivity contribution in [3.05, 3.63) is 35.1 Å². The highest BCUT2D eigenvalue weighted by Crippen LogP contribution is 2.38. The monoisotopic (exact) mass is 424 g/mol. The fraction of sp³-hybridized carbons (Fsp3) is 0.520. The van der Waals surface area contributed by atoms with Crippen LogP contribution in [0.3, 0.4) is 0 Å². The molecule has 6 heteroatoms. The lowest BCUT2D eigenvalue weighted by Gasteiger charge is -2.15. The maximum atomic E-state index is 12.5. The molecule has 0 spiro atoms. The van der Waals surface area contributed by atoms with Gasteiger partial charge in [0.2, 0.25) is 11.8 Å². The number of nitrogens with zero attached hydrogens (tertiary/aromatic N) is 1. The molecule has 166 valence electrons. The van der Waals surface area contributed by atoms with Gasteiger partial charge in [-0.25, -0.2) is 0 Å².